The second kappa shape index (κ2) is 5.73. The van der Waals surface area contributed by atoms with Crippen LogP contribution in [0.3, 0.4) is 0 Å². The maximum absolute atomic E-state index is 5.50. The third-order valence-electron chi connectivity index (χ3n) is 2.44. The fourth-order valence-corrected chi connectivity index (χ4v) is 1.57. The summed E-state index contributed by atoms with van der Waals surface area (Å²) in [6.45, 7) is 4.57. The van der Waals surface area contributed by atoms with Crippen molar-refractivity contribution in [3.8, 4) is 5.75 Å². The normalized spacial score (nSPS) is 10.7. The first-order valence-electron chi connectivity index (χ1n) is 5.19. The number of nitrogens with zero attached hydrogens (tertiary/aromatic N) is 1. The summed E-state index contributed by atoms with van der Waals surface area (Å²) in [6, 6.07) is 6.30. The van der Waals surface area contributed by atoms with Crippen molar-refractivity contribution in [3.05, 3.63) is 29.3 Å². The number of hydrogen-bond donors (Lipinski definition) is 1. The molecule has 0 atom stereocenters. The van der Waals surface area contributed by atoms with Crippen LogP contribution in [0.4, 0.5) is 0 Å². The first kappa shape index (κ1) is 12.0. The summed E-state index contributed by atoms with van der Waals surface area (Å²) in [5.41, 5.74) is 7.92. The quantitative estimate of drug-likeness (QED) is 0.794. The summed E-state index contributed by atoms with van der Waals surface area (Å²) >= 11 is 0. The van der Waals surface area contributed by atoms with Crippen molar-refractivity contribution in [1.82, 2.24) is 4.90 Å². The van der Waals surface area contributed by atoms with Crippen LogP contribution in [0.25, 0.3) is 0 Å². The van der Waals surface area contributed by atoms with Gasteiger partial charge in [0.15, 0.2) is 0 Å². The molecule has 0 saturated carbocycles. The van der Waals surface area contributed by atoms with Gasteiger partial charge in [-0.1, -0.05) is 12.1 Å². The Bertz CT molecular complexity index is 312. The van der Waals surface area contributed by atoms with Gasteiger partial charge in [-0.15, -0.1) is 0 Å². The molecule has 0 heterocycles. The van der Waals surface area contributed by atoms with Crippen molar-refractivity contribution in [2.24, 2.45) is 5.73 Å². The molecular formula is C12H20N2O. The average molecular weight is 208 g/mol. The van der Waals surface area contributed by atoms with Gasteiger partial charge in [0.2, 0.25) is 0 Å². The Labute approximate surface area is 91.8 Å². The third kappa shape index (κ3) is 3.53. The number of methoxy groups -OCH3 is 1. The SMILES string of the molecule is COc1cc(CN(C)CCN)ccc1C. The van der Waals surface area contributed by atoms with Crippen LogP contribution in [-0.2, 0) is 6.54 Å². The molecule has 0 bridgehead atoms. The summed E-state index contributed by atoms with van der Waals surface area (Å²) in [6.07, 6.45) is 0. The van der Waals surface area contributed by atoms with Crippen LogP contribution >= 0.6 is 0 Å². The van der Waals surface area contributed by atoms with E-state index in [1.165, 1.54) is 11.1 Å². The number of nitrogens with two attached hydrogens (primary N) is 1. The molecule has 0 radical (unpaired) electrons. The van der Waals surface area contributed by atoms with Crippen LogP contribution in [0.1, 0.15) is 11.1 Å². The van der Waals surface area contributed by atoms with E-state index in [9.17, 15) is 0 Å². The molecule has 3 heteroatoms. The molecule has 15 heavy (non-hydrogen) atoms. The molecule has 1 aromatic carbocycles. The van der Waals surface area contributed by atoms with E-state index in [2.05, 4.69) is 30.1 Å². The van der Waals surface area contributed by atoms with Crippen molar-refractivity contribution in [2.45, 2.75) is 13.5 Å². The molecule has 0 amide bonds. The fraction of sp³-hybridized carbons (Fsp3) is 0.500. The minimum Gasteiger partial charge on any atom is -0.496 e. The molecule has 0 aliphatic heterocycles. The highest BCUT2D eigenvalue weighted by molar-refractivity contribution is 5.36. The second-order valence-corrected chi connectivity index (χ2v) is 3.83. The number of rotatable bonds is 5. The first-order chi connectivity index (χ1) is 7.17. The smallest absolute Gasteiger partial charge is 0.122 e. The number of hydrogen-bond acceptors (Lipinski definition) is 3. The van der Waals surface area contributed by atoms with E-state index >= 15 is 0 Å². The highest BCUT2D eigenvalue weighted by Gasteiger charge is 2.02. The predicted molar refractivity (Wildman–Crippen MR) is 63.1 cm³/mol. The van der Waals surface area contributed by atoms with Crippen LogP contribution in [0.2, 0.25) is 0 Å². The Hall–Kier alpha value is -1.06. The monoisotopic (exact) mass is 208 g/mol. The Morgan fingerprint density at radius 1 is 1.40 bits per heavy atom. The number of benzene rings is 1. The number of aryl methyl sites for hydroxylation is 1. The largest absolute Gasteiger partial charge is 0.496 e. The Morgan fingerprint density at radius 3 is 2.73 bits per heavy atom. The Morgan fingerprint density at radius 2 is 2.13 bits per heavy atom. The van der Waals surface area contributed by atoms with Crippen molar-refractivity contribution in [1.29, 1.82) is 0 Å². The third-order valence-corrected chi connectivity index (χ3v) is 2.44. The summed E-state index contributed by atoms with van der Waals surface area (Å²) < 4.78 is 5.28. The van der Waals surface area contributed by atoms with Gasteiger partial charge in [-0.25, -0.2) is 0 Å². The summed E-state index contributed by atoms with van der Waals surface area (Å²) in [5, 5.41) is 0. The molecule has 2 N–H and O–H groups in total. The van der Waals surface area contributed by atoms with Gasteiger partial charge in [0, 0.05) is 19.6 Å². The van der Waals surface area contributed by atoms with E-state index in [1.54, 1.807) is 7.11 Å². The van der Waals surface area contributed by atoms with Crippen LogP contribution in [0, 0.1) is 6.92 Å². The van der Waals surface area contributed by atoms with Crippen molar-refractivity contribution in [3.63, 3.8) is 0 Å². The first-order valence-corrected chi connectivity index (χ1v) is 5.19. The van der Waals surface area contributed by atoms with E-state index in [0.29, 0.717) is 6.54 Å². The van der Waals surface area contributed by atoms with Gasteiger partial charge in [-0.05, 0) is 31.2 Å². The maximum Gasteiger partial charge on any atom is 0.122 e. The molecule has 1 aromatic rings. The van der Waals surface area contributed by atoms with Gasteiger partial charge in [0.1, 0.15) is 5.75 Å². The topological polar surface area (TPSA) is 38.5 Å². The van der Waals surface area contributed by atoms with E-state index in [-0.39, 0.29) is 0 Å². The van der Waals surface area contributed by atoms with Crippen molar-refractivity contribution in [2.75, 3.05) is 27.2 Å². The molecule has 1 rings (SSSR count). The lowest BCUT2D eigenvalue weighted by molar-refractivity contribution is 0.335. The fourth-order valence-electron chi connectivity index (χ4n) is 1.57. The van der Waals surface area contributed by atoms with E-state index < -0.39 is 0 Å². The molecule has 0 fully saturated rings. The summed E-state index contributed by atoms with van der Waals surface area (Å²) in [7, 11) is 3.77. The molecule has 0 spiro atoms. The lowest BCUT2D eigenvalue weighted by atomic mass is 10.1. The predicted octanol–water partition coefficient (Wildman–Crippen LogP) is 1.39. The zero-order valence-electron chi connectivity index (χ0n) is 9.79. The van der Waals surface area contributed by atoms with Gasteiger partial charge in [-0.3, -0.25) is 0 Å². The van der Waals surface area contributed by atoms with Crippen molar-refractivity contribution < 1.29 is 4.74 Å². The molecule has 0 aliphatic carbocycles. The minimum atomic E-state index is 0.694. The summed E-state index contributed by atoms with van der Waals surface area (Å²) in [5.74, 6) is 0.952. The molecule has 0 aromatic heterocycles. The molecule has 0 unspecified atom stereocenters. The van der Waals surface area contributed by atoms with Crippen LogP contribution < -0.4 is 10.5 Å². The highest BCUT2D eigenvalue weighted by Crippen LogP contribution is 2.19. The zero-order valence-corrected chi connectivity index (χ0v) is 9.79. The number of likely N-dealkylation sites (N-methyl/N-ethyl adjacent to an activating group) is 1. The van der Waals surface area contributed by atoms with Gasteiger partial charge in [0.25, 0.3) is 0 Å². The minimum absolute atomic E-state index is 0.694. The van der Waals surface area contributed by atoms with Crippen LogP contribution in [-0.4, -0.2) is 32.1 Å². The second-order valence-electron chi connectivity index (χ2n) is 3.83. The molecule has 0 aliphatic rings. The summed E-state index contributed by atoms with van der Waals surface area (Å²) in [4.78, 5) is 2.20. The average Bonchev–Trinajstić information content (AvgIpc) is 2.21. The standard InChI is InChI=1S/C12H20N2O/c1-10-4-5-11(8-12(10)15-3)9-14(2)7-6-13/h4-5,8H,6-7,9,13H2,1-3H3. The zero-order chi connectivity index (χ0) is 11.3. The van der Waals surface area contributed by atoms with Crippen molar-refractivity contribution >= 4 is 0 Å². The van der Waals surface area contributed by atoms with E-state index in [1.807, 2.05) is 6.92 Å². The molecule has 3 nitrogen and oxygen atoms in total. The molecular weight excluding hydrogens is 188 g/mol. The Balaban J connectivity index is 2.69. The number of ether oxygens (including phenoxy) is 1. The van der Waals surface area contributed by atoms with E-state index in [4.69, 9.17) is 10.5 Å². The maximum atomic E-state index is 5.50. The lowest BCUT2D eigenvalue weighted by Crippen LogP contribution is -2.24. The van der Waals surface area contributed by atoms with Gasteiger partial charge < -0.3 is 15.4 Å². The van der Waals surface area contributed by atoms with Gasteiger partial charge in [0.05, 0.1) is 7.11 Å². The van der Waals surface area contributed by atoms with Crippen LogP contribution in [0.5, 0.6) is 5.75 Å². The highest BCUT2D eigenvalue weighted by atomic mass is 16.5. The van der Waals surface area contributed by atoms with Gasteiger partial charge >= 0.3 is 0 Å². The molecule has 0 saturated heterocycles. The van der Waals surface area contributed by atoms with Crippen LogP contribution in [0.15, 0.2) is 18.2 Å². The Kier molecular flexibility index (Phi) is 4.59. The van der Waals surface area contributed by atoms with E-state index in [0.717, 1.165) is 18.8 Å². The molecule has 84 valence electrons. The van der Waals surface area contributed by atoms with Gasteiger partial charge in [-0.2, -0.15) is 0 Å². The lowest BCUT2D eigenvalue weighted by Gasteiger charge is -2.16.